The Kier molecular flexibility index (Phi) is 7.79. The van der Waals surface area contributed by atoms with Crippen LogP contribution in [0.3, 0.4) is 0 Å². The first kappa shape index (κ1) is 23.3. The molecule has 180 valence electrons. The smallest absolute Gasteiger partial charge is 0.273 e. The number of hydrogen-bond acceptors (Lipinski definition) is 7. The molecule has 10 nitrogen and oxygen atoms in total. The van der Waals surface area contributed by atoms with Crippen molar-refractivity contribution in [3.05, 3.63) is 48.3 Å². The van der Waals surface area contributed by atoms with E-state index < -0.39 is 6.10 Å². The maximum atomic E-state index is 13.2. The predicted molar refractivity (Wildman–Crippen MR) is 122 cm³/mol. The number of para-hydroxylation sites is 2. The van der Waals surface area contributed by atoms with Gasteiger partial charge in [-0.15, -0.1) is 0 Å². The standard InChI is InChI=1S/C24H28N4O6/c29-21-9-4-13-28(24(31)20-16-33-17-6-1-2-7-18(17)34-20)14-5-11-27-23(30)22-19(8-3-10-26-22)32-15-12-25-21/h1-3,6-8,10,20H,4-5,9,11-16H2,(H,25,29)(H,27,30). The molecular formula is C24H28N4O6. The number of pyridine rings is 1. The third-order valence-corrected chi connectivity index (χ3v) is 5.49. The number of rotatable bonds is 1. The van der Waals surface area contributed by atoms with Crippen molar-refractivity contribution in [1.29, 1.82) is 0 Å². The van der Waals surface area contributed by atoms with Crippen LogP contribution in [-0.4, -0.2) is 73.1 Å². The lowest BCUT2D eigenvalue weighted by molar-refractivity contribution is -0.141. The fourth-order valence-corrected chi connectivity index (χ4v) is 3.78. The van der Waals surface area contributed by atoms with Crippen molar-refractivity contribution < 1.29 is 28.6 Å². The summed E-state index contributed by atoms with van der Waals surface area (Å²) in [4.78, 5) is 43.8. The molecule has 1 aromatic heterocycles. The quantitative estimate of drug-likeness (QED) is 0.645. The van der Waals surface area contributed by atoms with E-state index in [2.05, 4.69) is 15.6 Å². The van der Waals surface area contributed by atoms with Crippen LogP contribution >= 0.6 is 0 Å². The summed E-state index contributed by atoms with van der Waals surface area (Å²) in [6, 6.07) is 10.6. The molecule has 3 amide bonds. The molecular weight excluding hydrogens is 440 g/mol. The number of benzene rings is 1. The van der Waals surface area contributed by atoms with Gasteiger partial charge in [0.05, 0.1) is 6.54 Å². The monoisotopic (exact) mass is 468 g/mol. The van der Waals surface area contributed by atoms with Crippen molar-refractivity contribution in [2.75, 3.05) is 39.4 Å². The van der Waals surface area contributed by atoms with Gasteiger partial charge in [0.15, 0.2) is 22.9 Å². The van der Waals surface area contributed by atoms with Crippen molar-refractivity contribution in [3.63, 3.8) is 0 Å². The van der Waals surface area contributed by atoms with E-state index >= 15 is 0 Å². The summed E-state index contributed by atoms with van der Waals surface area (Å²) in [6.07, 6.45) is 2.06. The van der Waals surface area contributed by atoms with E-state index in [1.165, 1.54) is 6.20 Å². The summed E-state index contributed by atoms with van der Waals surface area (Å²) < 4.78 is 17.2. The maximum Gasteiger partial charge on any atom is 0.273 e. The number of nitrogens with one attached hydrogen (secondary N) is 2. The molecule has 0 saturated carbocycles. The Morgan fingerprint density at radius 3 is 2.62 bits per heavy atom. The van der Waals surface area contributed by atoms with E-state index in [0.29, 0.717) is 56.3 Å². The molecule has 3 heterocycles. The SMILES string of the molecule is O=C1CCCN(C(=O)C2COc3ccccc3O2)CCCNC(=O)c2ncccc2OCCN1. The molecule has 0 fully saturated rings. The largest absolute Gasteiger partial charge is 0.489 e. The molecule has 2 aliphatic heterocycles. The van der Waals surface area contributed by atoms with Gasteiger partial charge >= 0.3 is 0 Å². The zero-order valence-corrected chi connectivity index (χ0v) is 18.8. The summed E-state index contributed by atoms with van der Waals surface area (Å²) in [7, 11) is 0. The molecule has 1 aromatic carbocycles. The third-order valence-electron chi connectivity index (χ3n) is 5.49. The van der Waals surface area contributed by atoms with E-state index in [0.717, 1.165) is 0 Å². The van der Waals surface area contributed by atoms with Gasteiger partial charge in [-0.1, -0.05) is 12.1 Å². The fraction of sp³-hybridized carbons (Fsp3) is 0.417. The first-order chi connectivity index (χ1) is 16.6. The second-order valence-corrected chi connectivity index (χ2v) is 7.95. The number of fused-ring (bicyclic) bond motifs is 2. The lowest BCUT2D eigenvalue weighted by atomic mass is 10.2. The molecule has 2 aliphatic rings. The number of carbonyl (C=O) groups excluding carboxylic acids is 3. The van der Waals surface area contributed by atoms with Gasteiger partial charge in [0.1, 0.15) is 13.2 Å². The van der Waals surface area contributed by atoms with Crippen LogP contribution in [0.4, 0.5) is 0 Å². The summed E-state index contributed by atoms with van der Waals surface area (Å²) in [5.41, 5.74) is 0.181. The van der Waals surface area contributed by atoms with Crippen molar-refractivity contribution >= 4 is 17.7 Å². The minimum atomic E-state index is -0.767. The molecule has 1 atom stereocenters. The van der Waals surface area contributed by atoms with Crippen LogP contribution in [0, 0.1) is 0 Å². The summed E-state index contributed by atoms with van der Waals surface area (Å²) >= 11 is 0. The van der Waals surface area contributed by atoms with Crippen LogP contribution in [0.25, 0.3) is 0 Å². The number of hydrogen-bond donors (Lipinski definition) is 2. The number of nitrogens with zero attached hydrogens (tertiary/aromatic N) is 2. The first-order valence-corrected chi connectivity index (χ1v) is 11.4. The Labute approximate surface area is 197 Å². The highest BCUT2D eigenvalue weighted by Gasteiger charge is 2.31. The minimum absolute atomic E-state index is 0.117. The van der Waals surface area contributed by atoms with E-state index in [1.807, 2.05) is 12.1 Å². The molecule has 10 heteroatoms. The minimum Gasteiger partial charge on any atom is -0.489 e. The van der Waals surface area contributed by atoms with E-state index in [4.69, 9.17) is 14.2 Å². The Morgan fingerprint density at radius 1 is 0.941 bits per heavy atom. The number of carbonyl (C=O) groups is 3. The first-order valence-electron chi connectivity index (χ1n) is 11.4. The summed E-state index contributed by atoms with van der Waals surface area (Å²) in [5, 5.41) is 5.63. The van der Waals surface area contributed by atoms with Gasteiger partial charge in [-0.05, 0) is 37.1 Å². The average molecular weight is 469 g/mol. The van der Waals surface area contributed by atoms with Gasteiger partial charge in [0.2, 0.25) is 12.0 Å². The normalized spacial score (nSPS) is 19.8. The molecule has 2 aromatic rings. The zero-order chi connectivity index (χ0) is 23.8. The number of aromatic nitrogens is 1. The van der Waals surface area contributed by atoms with Crippen molar-refractivity contribution in [3.8, 4) is 17.2 Å². The number of amides is 3. The second kappa shape index (κ2) is 11.4. The Bertz CT molecular complexity index is 1030. The van der Waals surface area contributed by atoms with Crippen LogP contribution < -0.4 is 24.8 Å². The molecule has 1 unspecified atom stereocenters. The highest BCUT2D eigenvalue weighted by molar-refractivity contribution is 5.94. The summed E-state index contributed by atoms with van der Waals surface area (Å²) in [5.74, 6) is 0.803. The van der Waals surface area contributed by atoms with Crippen LogP contribution in [0.1, 0.15) is 29.8 Å². The lowest BCUT2D eigenvalue weighted by Crippen LogP contribution is -2.47. The maximum absolute atomic E-state index is 13.2. The summed E-state index contributed by atoms with van der Waals surface area (Å²) in [6.45, 7) is 1.76. The molecule has 0 aliphatic carbocycles. The van der Waals surface area contributed by atoms with Gasteiger partial charge in [0.25, 0.3) is 11.8 Å². The molecule has 0 bridgehead atoms. The third kappa shape index (κ3) is 5.94. The highest BCUT2D eigenvalue weighted by Crippen LogP contribution is 2.31. The van der Waals surface area contributed by atoms with Crippen molar-refractivity contribution in [2.45, 2.75) is 25.4 Å². The van der Waals surface area contributed by atoms with Gasteiger partial charge in [-0.25, -0.2) is 4.98 Å². The van der Waals surface area contributed by atoms with Crippen molar-refractivity contribution in [1.82, 2.24) is 20.5 Å². The van der Waals surface area contributed by atoms with E-state index in [-0.39, 0.29) is 43.1 Å². The Balaban J connectivity index is 1.42. The molecule has 2 N–H and O–H groups in total. The molecule has 0 radical (unpaired) electrons. The van der Waals surface area contributed by atoms with Gasteiger partial charge in [-0.3, -0.25) is 14.4 Å². The van der Waals surface area contributed by atoms with Gasteiger partial charge < -0.3 is 29.7 Å². The van der Waals surface area contributed by atoms with Crippen molar-refractivity contribution in [2.24, 2.45) is 0 Å². The van der Waals surface area contributed by atoms with Crippen LogP contribution in [-0.2, 0) is 9.59 Å². The topological polar surface area (TPSA) is 119 Å². The van der Waals surface area contributed by atoms with Gasteiger partial charge in [-0.2, -0.15) is 0 Å². The zero-order valence-electron chi connectivity index (χ0n) is 18.8. The highest BCUT2D eigenvalue weighted by atomic mass is 16.6. The van der Waals surface area contributed by atoms with E-state index in [1.54, 1.807) is 29.2 Å². The molecule has 34 heavy (non-hydrogen) atoms. The average Bonchev–Trinajstić information content (AvgIpc) is 2.87. The predicted octanol–water partition coefficient (Wildman–Crippen LogP) is 1.16. The lowest BCUT2D eigenvalue weighted by Gasteiger charge is -2.31. The number of ether oxygens (including phenoxy) is 3. The molecule has 4 rings (SSSR count). The van der Waals surface area contributed by atoms with Crippen LogP contribution in [0.5, 0.6) is 17.2 Å². The van der Waals surface area contributed by atoms with Crippen LogP contribution in [0.2, 0.25) is 0 Å². The fourth-order valence-electron chi connectivity index (χ4n) is 3.78. The molecule has 0 saturated heterocycles. The van der Waals surface area contributed by atoms with Gasteiger partial charge in [0, 0.05) is 32.3 Å². The Morgan fingerprint density at radius 2 is 1.74 bits per heavy atom. The Hall–Kier alpha value is -3.82. The molecule has 0 spiro atoms. The van der Waals surface area contributed by atoms with E-state index in [9.17, 15) is 14.4 Å². The van der Waals surface area contributed by atoms with Crippen LogP contribution in [0.15, 0.2) is 42.6 Å². The second-order valence-electron chi connectivity index (χ2n) is 7.95.